The Labute approximate surface area is 85.9 Å². The van der Waals surface area contributed by atoms with Gasteiger partial charge in [-0.3, -0.25) is 4.68 Å². The number of carbonyl (C=O) groups is 1. The second-order valence-corrected chi connectivity index (χ2v) is 3.22. The molecule has 0 aliphatic heterocycles. The number of aromatic nitrogens is 2. The molecule has 0 amide bonds. The first-order chi connectivity index (χ1) is 7.11. The van der Waals surface area contributed by atoms with Gasteiger partial charge in [0.25, 0.3) is 0 Å². The first-order valence-corrected chi connectivity index (χ1v) is 4.36. The quantitative estimate of drug-likeness (QED) is 0.803. The molecule has 2 aromatic rings. The van der Waals surface area contributed by atoms with Crippen LogP contribution < -0.4 is 4.74 Å². The molecular weight excluding hydrogens is 196 g/mol. The van der Waals surface area contributed by atoms with Crippen molar-refractivity contribution in [3.63, 3.8) is 0 Å². The van der Waals surface area contributed by atoms with Crippen LogP contribution >= 0.6 is 0 Å². The summed E-state index contributed by atoms with van der Waals surface area (Å²) in [6.07, 6.45) is 1.75. The van der Waals surface area contributed by atoms with Gasteiger partial charge >= 0.3 is 5.97 Å². The molecule has 2 rings (SSSR count). The SMILES string of the molecule is COc1cc(C(=O)O)c2nn(C)cc2c1. The van der Waals surface area contributed by atoms with E-state index in [9.17, 15) is 4.79 Å². The molecule has 5 heteroatoms. The number of methoxy groups -OCH3 is 1. The lowest BCUT2D eigenvalue weighted by Crippen LogP contribution is -1.99. The van der Waals surface area contributed by atoms with Gasteiger partial charge in [-0.15, -0.1) is 0 Å². The molecule has 0 aliphatic rings. The summed E-state index contributed by atoms with van der Waals surface area (Å²) in [5, 5.41) is 13.9. The molecule has 78 valence electrons. The van der Waals surface area contributed by atoms with Gasteiger partial charge in [0.15, 0.2) is 0 Å². The third-order valence-corrected chi connectivity index (χ3v) is 2.16. The molecule has 1 heterocycles. The van der Waals surface area contributed by atoms with Crippen LogP contribution in [0, 0.1) is 0 Å². The van der Waals surface area contributed by atoms with E-state index in [2.05, 4.69) is 5.10 Å². The molecule has 1 aromatic heterocycles. The Bertz CT molecular complexity index is 531. The van der Waals surface area contributed by atoms with E-state index in [0.717, 1.165) is 5.39 Å². The number of nitrogens with zero attached hydrogens (tertiary/aromatic N) is 2. The van der Waals surface area contributed by atoms with Gasteiger partial charge in [0.2, 0.25) is 0 Å². The van der Waals surface area contributed by atoms with Gasteiger partial charge in [-0.1, -0.05) is 0 Å². The third-order valence-electron chi connectivity index (χ3n) is 2.16. The van der Waals surface area contributed by atoms with Gasteiger partial charge in [0.1, 0.15) is 11.3 Å². The largest absolute Gasteiger partial charge is 0.497 e. The fraction of sp³-hybridized carbons (Fsp3) is 0.200. The number of aromatic carboxylic acids is 1. The number of hydrogen-bond acceptors (Lipinski definition) is 3. The van der Waals surface area contributed by atoms with Crippen molar-refractivity contribution in [2.24, 2.45) is 7.05 Å². The van der Waals surface area contributed by atoms with Crippen molar-refractivity contribution < 1.29 is 14.6 Å². The minimum Gasteiger partial charge on any atom is -0.497 e. The van der Waals surface area contributed by atoms with Crippen LogP contribution in [0.1, 0.15) is 10.4 Å². The van der Waals surface area contributed by atoms with E-state index in [-0.39, 0.29) is 5.56 Å². The van der Waals surface area contributed by atoms with E-state index in [1.807, 2.05) is 0 Å². The fourth-order valence-corrected chi connectivity index (χ4v) is 1.51. The van der Waals surface area contributed by atoms with E-state index in [1.165, 1.54) is 13.2 Å². The number of carboxylic acids is 1. The van der Waals surface area contributed by atoms with Crippen LogP contribution in [0.25, 0.3) is 10.9 Å². The highest BCUT2D eigenvalue weighted by Gasteiger charge is 2.13. The number of fused-ring (bicyclic) bond motifs is 1. The zero-order valence-corrected chi connectivity index (χ0v) is 8.39. The van der Waals surface area contributed by atoms with Crippen molar-refractivity contribution in [1.82, 2.24) is 9.78 Å². The van der Waals surface area contributed by atoms with Crippen LogP contribution in [0.4, 0.5) is 0 Å². The number of ether oxygens (including phenoxy) is 1. The highest BCUT2D eigenvalue weighted by molar-refractivity contribution is 6.02. The van der Waals surface area contributed by atoms with Crippen LogP contribution in [0.3, 0.4) is 0 Å². The zero-order chi connectivity index (χ0) is 11.0. The normalized spacial score (nSPS) is 10.5. The Morgan fingerprint density at radius 2 is 2.27 bits per heavy atom. The number of carboxylic acid groups (broad SMARTS) is 1. The number of aryl methyl sites for hydroxylation is 1. The molecule has 0 bridgehead atoms. The molecule has 15 heavy (non-hydrogen) atoms. The minimum atomic E-state index is -1.00. The summed E-state index contributed by atoms with van der Waals surface area (Å²) in [6.45, 7) is 0. The first-order valence-electron chi connectivity index (χ1n) is 4.36. The standard InChI is InChI=1S/C10H10N2O3/c1-12-5-6-3-7(15-2)4-8(10(13)14)9(6)11-12/h3-5H,1-2H3,(H,13,14). The van der Waals surface area contributed by atoms with E-state index in [0.29, 0.717) is 11.3 Å². The van der Waals surface area contributed by atoms with Crippen molar-refractivity contribution in [3.8, 4) is 5.75 Å². The zero-order valence-electron chi connectivity index (χ0n) is 8.39. The van der Waals surface area contributed by atoms with Crippen molar-refractivity contribution in [2.45, 2.75) is 0 Å². The molecule has 0 saturated heterocycles. The second-order valence-electron chi connectivity index (χ2n) is 3.22. The lowest BCUT2D eigenvalue weighted by Gasteiger charge is -2.01. The van der Waals surface area contributed by atoms with Crippen molar-refractivity contribution in [3.05, 3.63) is 23.9 Å². The van der Waals surface area contributed by atoms with Gasteiger partial charge in [-0.2, -0.15) is 5.10 Å². The Hall–Kier alpha value is -2.04. The summed E-state index contributed by atoms with van der Waals surface area (Å²) in [4.78, 5) is 11.0. The van der Waals surface area contributed by atoms with Crippen LogP contribution in [-0.4, -0.2) is 28.0 Å². The molecule has 0 saturated carbocycles. The molecule has 0 radical (unpaired) electrons. The predicted molar refractivity (Wildman–Crippen MR) is 54.2 cm³/mol. The summed E-state index contributed by atoms with van der Waals surface area (Å²) in [5.74, 6) is -0.481. The van der Waals surface area contributed by atoms with Gasteiger partial charge in [-0.05, 0) is 12.1 Å². The number of rotatable bonds is 2. The van der Waals surface area contributed by atoms with Gasteiger partial charge in [0, 0.05) is 18.6 Å². The smallest absolute Gasteiger partial charge is 0.338 e. The fourth-order valence-electron chi connectivity index (χ4n) is 1.51. The summed E-state index contributed by atoms with van der Waals surface area (Å²) >= 11 is 0. The topological polar surface area (TPSA) is 64.3 Å². The lowest BCUT2D eigenvalue weighted by atomic mass is 10.1. The maximum atomic E-state index is 11.0. The maximum absolute atomic E-state index is 11.0. The summed E-state index contributed by atoms with van der Waals surface area (Å²) in [7, 11) is 3.25. The molecule has 5 nitrogen and oxygen atoms in total. The summed E-state index contributed by atoms with van der Waals surface area (Å²) < 4.78 is 6.60. The average molecular weight is 206 g/mol. The number of hydrogen-bond donors (Lipinski definition) is 1. The van der Waals surface area contributed by atoms with E-state index in [1.54, 1.807) is 24.0 Å². The Kier molecular flexibility index (Phi) is 2.07. The van der Waals surface area contributed by atoms with Gasteiger partial charge < -0.3 is 9.84 Å². The predicted octanol–water partition coefficient (Wildman–Crippen LogP) is 1.28. The summed E-state index contributed by atoms with van der Waals surface area (Å²) in [5.41, 5.74) is 0.635. The highest BCUT2D eigenvalue weighted by Crippen LogP contribution is 2.24. The molecule has 0 unspecified atom stereocenters. The number of benzene rings is 1. The Morgan fingerprint density at radius 1 is 1.53 bits per heavy atom. The van der Waals surface area contributed by atoms with Gasteiger partial charge in [-0.25, -0.2) is 4.79 Å². The van der Waals surface area contributed by atoms with Crippen LogP contribution in [0.2, 0.25) is 0 Å². The van der Waals surface area contributed by atoms with E-state index < -0.39 is 5.97 Å². The van der Waals surface area contributed by atoms with Gasteiger partial charge in [0.05, 0.1) is 12.7 Å². The molecule has 0 spiro atoms. The monoisotopic (exact) mass is 206 g/mol. The molecule has 1 aromatic carbocycles. The molecule has 0 atom stereocenters. The van der Waals surface area contributed by atoms with E-state index >= 15 is 0 Å². The van der Waals surface area contributed by atoms with Crippen molar-refractivity contribution >= 4 is 16.9 Å². The van der Waals surface area contributed by atoms with Crippen molar-refractivity contribution in [1.29, 1.82) is 0 Å². The maximum Gasteiger partial charge on any atom is 0.338 e. The third kappa shape index (κ3) is 1.52. The molecule has 0 aliphatic carbocycles. The second kappa shape index (κ2) is 3.27. The van der Waals surface area contributed by atoms with Crippen molar-refractivity contribution in [2.75, 3.05) is 7.11 Å². The Morgan fingerprint density at radius 3 is 2.87 bits per heavy atom. The highest BCUT2D eigenvalue weighted by atomic mass is 16.5. The van der Waals surface area contributed by atoms with Crippen LogP contribution in [0.15, 0.2) is 18.3 Å². The summed E-state index contributed by atoms with van der Waals surface area (Å²) in [6, 6.07) is 3.23. The molecule has 0 fully saturated rings. The van der Waals surface area contributed by atoms with Crippen LogP contribution in [0.5, 0.6) is 5.75 Å². The van der Waals surface area contributed by atoms with E-state index in [4.69, 9.17) is 9.84 Å². The lowest BCUT2D eigenvalue weighted by molar-refractivity contribution is 0.0698. The Balaban J connectivity index is 2.79. The first kappa shape index (κ1) is 9.51. The molecule has 1 N–H and O–H groups in total. The minimum absolute atomic E-state index is 0.157. The molecular formula is C10H10N2O3. The van der Waals surface area contributed by atoms with Crippen LogP contribution in [-0.2, 0) is 7.05 Å². The average Bonchev–Trinajstić information content (AvgIpc) is 2.55.